The maximum absolute atomic E-state index is 11.3. The van der Waals surface area contributed by atoms with Gasteiger partial charge in [0.1, 0.15) is 0 Å². The molecule has 0 spiro atoms. The van der Waals surface area contributed by atoms with Crippen molar-refractivity contribution in [2.45, 2.75) is 32.6 Å². The van der Waals surface area contributed by atoms with Gasteiger partial charge in [-0.3, -0.25) is 4.79 Å². The third-order valence-corrected chi connectivity index (χ3v) is 3.64. The molecule has 160 valence electrons. The monoisotopic (exact) mass is 412 g/mol. The van der Waals surface area contributed by atoms with Crippen molar-refractivity contribution < 1.29 is 29.7 Å². The first-order valence-electron chi connectivity index (χ1n) is 9.33. The van der Waals surface area contributed by atoms with Gasteiger partial charge in [-0.1, -0.05) is 75.1 Å². The second kappa shape index (κ2) is 15.3. The molecule has 3 N–H and O–H groups in total. The molecule has 0 atom stereocenters. The van der Waals surface area contributed by atoms with Crippen LogP contribution in [0, 0.1) is 0 Å². The molecule has 0 aliphatic heterocycles. The normalized spacial score (nSPS) is 11.4. The molecule has 0 aromatic heterocycles. The van der Waals surface area contributed by atoms with Crippen molar-refractivity contribution in [1.82, 2.24) is 0 Å². The molecule has 30 heavy (non-hydrogen) atoms. The lowest BCUT2D eigenvalue weighted by Gasteiger charge is -2.03. The Balaban J connectivity index is 0.000000787. The van der Waals surface area contributed by atoms with E-state index < -0.39 is 24.3 Å². The van der Waals surface area contributed by atoms with Gasteiger partial charge in [0, 0.05) is 11.1 Å². The van der Waals surface area contributed by atoms with Crippen LogP contribution in [0.5, 0.6) is 0 Å². The van der Waals surface area contributed by atoms with Gasteiger partial charge < -0.3 is 15.3 Å². The van der Waals surface area contributed by atoms with Crippen LogP contribution < -0.4 is 0 Å². The average Bonchev–Trinajstić information content (AvgIpc) is 2.69. The standard InChI is InChI=1S/C19H22O2.C5H6O4/c1-3-5-10-17(14-16-11-8-7-9-12-16)15-18(19(20)21)13-6-4-2;1-3(5(8)9)2-4(6)7/h3,5,7-12,14-15H,1,4,6,13H2,2H3,(H,20,21);1-2H2,(H,6,7)(H,8,9). The number of hydrogen-bond donors (Lipinski definition) is 3. The molecule has 6 heteroatoms. The number of carboxylic acid groups (broad SMARTS) is 3. The van der Waals surface area contributed by atoms with Crippen LogP contribution in [-0.4, -0.2) is 33.2 Å². The molecule has 1 aromatic rings. The number of unbranched alkanes of at least 4 members (excludes halogenated alkanes) is 1. The number of benzene rings is 1. The fourth-order valence-corrected chi connectivity index (χ4v) is 2.13. The Morgan fingerprint density at radius 1 is 1.03 bits per heavy atom. The highest BCUT2D eigenvalue weighted by Gasteiger charge is 2.07. The summed E-state index contributed by atoms with van der Waals surface area (Å²) in [5.74, 6) is -3.30. The maximum atomic E-state index is 11.3. The van der Waals surface area contributed by atoms with Crippen molar-refractivity contribution in [1.29, 1.82) is 0 Å². The molecule has 1 rings (SSSR count). The van der Waals surface area contributed by atoms with Crippen LogP contribution in [0.3, 0.4) is 0 Å². The van der Waals surface area contributed by atoms with Gasteiger partial charge in [0.05, 0.1) is 6.42 Å². The van der Waals surface area contributed by atoms with Crippen molar-refractivity contribution in [2.24, 2.45) is 0 Å². The summed E-state index contributed by atoms with van der Waals surface area (Å²) in [5, 5.41) is 25.4. The lowest BCUT2D eigenvalue weighted by molar-refractivity contribution is -0.139. The first-order chi connectivity index (χ1) is 14.2. The number of allylic oxidation sites excluding steroid dienone is 5. The van der Waals surface area contributed by atoms with Crippen LogP contribution in [0.15, 0.2) is 84.5 Å². The van der Waals surface area contributed by atoms with Crippen molar-refractivity contribution in [2.75, 3.05) is 0 Å². The minimum Gasteiger partial charge on any atom is -0.481 e. The van der Waals surface area contributed by atoms with Gasteiger partial charge in [0.25, 0.3) is 0 Å². The van der Waals surface area contributed by atoms with Crippen LogP contribution in [0.1, 0.15) is 38.2 Å². The van der Waals surface area contributed by atoms with Crippen molar-refractivity contribution in [3.05, 3.63) is 90.1 Å². The Hall–Kier alpha value is -3.67. The van der Waals surface area contributed by atoms with Gasteiger partial charge in [0.2, 0.25) is 0 Å². The quantitative estimate of drug-likeness (QED) is 0.344. The van der Waals surface area contributed by atoms with Gasteiger partial charge in [-0.05, 0) is 36.1 Å². The lowest BCUT2D eigenvalue weighted by Crippen LogP contribution is -2.04. The summed E-state index contributed by atoms with van der Waals surface area (Å²) in [4.78, 5) is 31.0. The topological polar surface area (TPSA) is 112 Å². The second-order valence-corrected chi connectivity index (χ2v) is 6.21. The highest BCUT2D eigenvalue weighted by molar-refractivity contribution is 5.91. The average molecular weight is 412 g/mol. The van der Waals surface area contributed by atoms with E-state index in [2.05, 4.69) is 20.1 Å². The number of aliphatic carboxylic acids is 3. The Labute approximate surface area is 176 Å². The van der Waals surface area contributed by atoms with Crippen LogP contribution in [-0.2, 0) is 14.4 Å². The molecule has 0 unspecified atom stereocenters. The molecule has 0 fully saturated rings. The fraction of sp³-hybridized carbons (Fsp3) is 0.208. The molecule has 0 amide bonds. The van der Waals surface area contributed by atoms with Crippen LogP contribution in [0.4, 0.5) is 0 Å². The minimum atomic E-state index is -1.27. The van der Waals surface area contributed by atoms with E-state index in [0.717, 1.165) is 24.0 Å². The zero-order chi connectivity index (χ0) is 22.9. The zero-order valence-electron chi connectivity index (χ0n) is 17.1. The first-order valence-corrected chi connectivity index (χ1v) is 9.33. The summed E-state index contributed by atoms with van der Waals surface area (Å²) in [7, 11) is 0. The number of carbonyl (C=O) groups is 3. The molecule has 1 aromatic carbocycles. The molecular formula is C24H28O6. The maximum Gasteiger partial charge on any atom is 0.331 e. The zero-order valence-corrected chi connectivity index (χ0v) is 17.1. The predicted molar refractivity (Wildman–Crippen MR) is 118 cm³/mol. The second-order valence-electron chi connectivity index (χ2n) is 6.21. The van der Waals surface area contributed by atoms with Crippen LogP contribution in [0.25, 0.3) is 6.08 Å². The van der Waals surface area contributed by atoms with E-state index in [0.29, 0.717) is 12.0 Å². The SMILES string of the molecule is C=C(CC(=O)O)C(=O)O.C=CC=CC(=Cc1ccccc1)C=C(CCCC)C(=O)O. The van der Waals surface area contributed by atoms with Crippen LogP contribution >= 0.6 is 0 Å². The summed E-state index contributed by atoms with van der Waals surface area (Å²) in [5.41, 5.74) is 2.03. The molecule has 0 heterocycles. The molecule has 0 saturated carbocycles. The summed E-state index contributed by atoms with van der Waals surface area (Å²) < 4.78 is 0. The van der Waals surface area contributed by atoms with E-state index in [1.807, 2.05) is 48.6 Å². The molecular weight excluding hydrogens is 384 g/mol. The van der Waals surface area contributed by atoms with E-state index >= 15 is 0 Å². The Morgan fingerprint density at radius 3 is 2.10 bits per heavy atom. The summed E-state index contributed by atoms with van der Waals surface area (Å²) in [6.07, 6.45) is 11.0. The van der Waals surface area contributed by atoms with Crippen molar-refractivity contribution >= 4 is 24.0 Å². The number of hydrogen-bond acceptors (Lipinski definition) is 3. The number of carboxylic acids is 3. The third kappa shape index (κ3) is 12.7. The summed E-state index contributed by atoms with van der Waals surface area (Å²) in [6, 6.07) is 9.85. The molecule has 0 saturated heterocycles. The van der Waals surface area contributed by atoms with Gasteiger partial charge in [-0.15, -0.1) is 0 Å². The Morgan fingerprint density at radius 2 is 1.67 bits per heavy atom. The summed E-state index contributed by atoms with van der Waals surface area (Å²) in [6.45, 7) is 8.72. The minimum absolute atomic E-state index is 0.303. The van der Waals surface area contributed by atoms with Crippen molar-refractivity contribution in [3.63, 3.8) is 0 Å². The third-order valence-electron chi connectivity index (χ3n) is 3.64. The fourth-order valence-electron chi connectivity index (χ4n) is 2.13. The van der Waals surface area contributed by atoms with E-state index in [-0.39, 0.29) is 5.57 Å². The van der Waals surface area contributed by atoms with Gasteiger partial charge in [-0.2, -0.15) is 0 Å². The molecule has 0 aliphatic carbocycles. The lowest BCUT2D eigenvalue weighted by atomic mass is 10.0. The smallest absolute Gasteiger partial charge is 0.331 e. The highest BCUT2D eigenvalue weighted by Crippen LogP contribution is 2.15. The van der Waals surface area contributed by atoms with Crippen LogP contribution in [0.2, 0.25) is 0 Å². The molecule has 0 bridgehead atoms. The Bertz CT molecular complexity index is 829. The largest absolute Gasteiger partial charge is 0.481 e. The molecule has 0 radical (unpaired) electrons. The summed E-state index contributed by atoms with van der Waals surface area (Å²) >= 11 is 0. The molecule has 6 nitrogen and oxygen atoms in total. The van der Waals surface area contributed by atoms with Gasteiger partial charge >= 0.3 is 17.9 Å². The predicted octanol–water partition coefficient (Wildman–Crippen LogP) is 5.12. The van der Waals surface area contributed by atoms with Gasteiger partial charge in [0.15, 0.2) is 0 Å². The van der Waals surface area contributed by atoms with E-state index in [9.17, 15) is 19.5 Å². The van der Waals surface area contributed by atoms with E-state index in [1.54, 1.807) is 12.2 Å². The van der Waals surface area contributed by atoms with Gasteiger partial charge in [-0.25, -0.2) is 9.59 Å². The molecule has 0 aliphatic rings. The first kappa shape index (κ1) is 26.3. The number of rotatable bonds is 11. The Kier molecular flexibility index (Phi) is 13.4. The van der Waals surface area contributed by atoms with Crippen molar-refractivity contribution in [3.8, 4) is 0 Å². The van der Waals surface area contributed by atoms with E-state index in [4.69, 9.17) is 10.2 Å². The highest BCUT2D eigenvalue weighted by atomic mass is 16.4. The van der Waals surface area contributed by atoms with E-state index in [1.165, 1.54) is 0 Å².